The van der Waals surface area contributed by atoms with E-state index >= 15 is 0 Å². The van der Waals surface area contributed by atoms with Gasteiger partial charge in [0.05, 0.1) is 17.8 Å². The lowest BCUT2D eigenvalue weighted by molar-refractivity contribution is -0.143. The smallest absolute Gasteiger partial charge is 0.321 e. The first-order valence-corrected chi connectivity index (χ1v) is 10.2. The van der Waals surface area contributed by atoms with Gasteiger partial charge in [-0.1, -0.05) is 63.2 Å². The van der Waals surface area contributed by atoms with Gasteiger partial charge < -0.3 is 10.1 Å². The third kappa shape index (κ3) is 4.79. The molecule has 1 unspecified atom stereocenters. The maximum atomic E-state index is 13.3. The SMILES string of the molecule is CCOC(=O)C(C(=O)c1ccccc1)c1ccc(NC(=O)C(C)(C)C)c2ncccc12. The predicted molar refractivity (Wildman–Crippen MR) is 120 cm³/mol. The number of hydrogen-bond acceptors (Lipinski definition) is 5. The van der Waals surface area contributed by atoms with E-state index in [2.05, 4.69) is 10.3 Å². The first kappa shape index (κ1) is 22.2. The Kier molecular flexibility index (Phi) is 6.49. The summed E-state index contributed by atoms with van der Waals surface area (Å²) in [5.74, 6) is -2.26. The number of ketones is 1. The zero-order valence-corrected chi connectivity index (χ0v) is 18.1. The molecule has 2 aromatic carbocycles. The van der Waals surface area contributed by atoms with E-state index in [1.54, 1.807) is 61.7 Å². The molecule has 1 aromatic heterocycles. The minimum absolute atomic E-state index is 0.158. The topological polar surface area (TPSA) is 85.4 Å². The number of nitrogens with zero attached hydrogens (tertiary/aromatic N) is 1. The van der Waals surface area contributed by atoms with Gasteiger partial charge in [-0.3, -0.25) is 19.4 Å². The lowest BCUT2D eigenvalue weighted by Crippen LogP contribution is -2.28. The zero-order chi connectivity index (χ0) is 22.6. The summed E-state index contributed by atoms with van der Waals surface area (Å²) in [6.07, 6.45) is 1.61. The van der Waals surface area contributed by atoms with Crippen molar-refractivity contribution in [1.29, 1.82) is 0 Å². The third-order valence-electron chi connectivity index (χ3n) is 4.89. The Morgan fingerprint density at radius 2 is 1.71 bits per heavy atom. The molecule has 0 saturated heterocycles. The van der Waals surface area contributed by atoms with Gasteiger partial charge in [0.25, 0.3) is 0 Å². The van der Waals surface area contributed by atoms with E-state index in [1.165, 1.54) is 0 Å². The van der Waals surface area contributed by atoms with Crippen molar-refractivity contribution in [2.45, 2.75) is 33.6 Å². The summed E-state index contributed by atoms with van der Waals surface area (Å²) in [6, 6.07) is 15.5. The number of Topliss-reactive ketones (excluding diaryl/α,β-unsaturated/α-hetero) is 1. The number of amides is 1. The molecule has 0 bridgehead atoms. The molecular formula is C25H26N2O4. The van der Waals surface area contributed by atoms with Crippen molar-refractivity contribution in [3.05, 3.63) is 71.9 Å². The highest BCUT2D eigenvalue weighted by atomic mass is 16.5. The van der Waals surface area contributed by atoms with Gasteiger partial charge >= 0.3 is 5.97 Å². The monoisotopic (exact) mass is 418 g/mol. The van der Waals surface area contributed by atoms with Crippen molar-refractivity contribution in [1.82, 2.24) is 4.98 Å². The molecule has 1 N–H and O–H groups in total. The largest absolute Gasteiger partial charge is 0.465 e. The number of aromatic nitrogens is 1. The fraction of sp³-hybridized carbons (Fsp3) is 0.280. The van der Waals surface area contributed by atoms with Crippen LogP contribution in [-0.2, 0) is 14.3 Å². The van der Waals surface area contributed by atoms with Crippen LogP contribution >= 0.6 is 0 Å². The zero-order valence-electron chi connectivity index (χ0n) is 18.1. The Morgan fingerprint density at radius 3 is 2.35 bits per heavy atom. The normalized spacial score (nSPS) is 12.3. The van der Waals surface area contributed by atoms with Crippen molar-refractivity contribution in [3.63, 3.8) is 0 Å². The summed E-state index contributed by atoms with van der Waals surface area (Å²) in [5, 5.41) is 3.51. The van der Waals surface area contributed by atoms with Crippen LogP contribution in [0.25, 0.3) is 10.9 Å². The van der Waals surface area contributed by atoms with E-state index in [9.17, 15) is 14.4 Å². The molecule has 0 aliphatic heterocycles. The highest BCUT2D eigenvalue weighted by Crippen LogP contribution is 2.33. The molecule has 0 aliphatic carbocycles. The van der Waals surface area contributed by atoms with Gasteiger partial charge in [0, 0.05) is 22.6 Å². The molecule has 6 heteroatoms. The molecule has 3 rings (SSSR count). The lowest BCUT2D eigenvalue weighted by Gasteiger charge is -2.21. The molecule has 0 radical (unpaired) electrons. The van der Waals surface area contributed by atoms with E-state index in [1.807, 2.05) is 26.8 Å². The number of pyridine rings is 1. The van der Waals surface area contributed by atoms with Gasteiger partial charge in [-0.05, 0) is 24.6 Å². The number of ether oxygens (including phenoxy) is 1. The Bertz CT molecular complexity index is 1120. The van der Waals surface area contributed by atoms with Crippen molar-refractivity contribution < 1.29 is 19.1 Å². The Morgan fingerprint density at radius 1 is 1.00 bits per heavy atom. The fourth-order valence-electron chi connectivity index (χ4n) is 3.23. The maximum Gasteiger partial charge on any atom is 0.321 e. The molecular weight excluding hydrogens is 392 g/mol. The second-order valence-corrected chi connectivity index (χ2v) is 8.22. The van der Waals surface area contributed by atoms with Crippen molar-refractivity contribution in [3.8, 4) is 0 Å². The summed E-state index contributed by atoms with van der Waals surface area (Å²) < 4.78 is 5.24. The predicted octanol–water partition coefficient (Wildman–Crippen LogP) is 4.75. The quantitative estimate of drug-likeness (QED) is 0.355. The van der Waals surface area contributed by atoms with Gasteiger partial charge in [-0.2, -0.15) is 0 Å². The molecule has 1 amide bonds. The van der Waals surface area contributed by atoms with Crippen LogP contribution in [-0.4, -0.2) is 29.3 Å². The maximum absolute atomic E-state index is 13.3. The van der Waals surface area contributed by atoms with Crippen molar-refractivity contribution >= 4 is 34.3 Å². The van der Waals surface area contributed by atoms with E-state index in [-0.39, 0.29) is 18.3 Å². The lowest BCUT2D eigenvalue weighted by atomic mass is 9.87. The average Bonchev–Trinajstić information content (AvgIpc) is 2.75. The van der Waals surface area contributed by atoms with Gasteiger partial charge in [-0.15, -0.1) is 0 Å². The van der Waals surface area contributed by atoms with E-state index in [0.29, 0.717) is 27.7 Å². The summed E-state index contributed by atoms with van der Waals surface area (Å²) >= 11 is 0. The third-order valence-corrected chi connectivity index (χ3v) is 4.89. The van der Waals surface area contributed by atoms with Crippen LogP contribution in [0.15, 0.2) is 60.8 Å². The number of carbonyl (C=O) groups is 3. The van der Waals surface area contributed by atoms with Gasteiger partial charge in [0.1, 0.15) is 5.92 Å². The number of anilines is 1. The van der Waals surface area contributed by atoms with Crippen molar-refractivity contribution in [2.24, 2.45) is 5.41 Å². The highest BCUT2D eigenvalue weighted by molar-refractivity contribution is 6.15. The van der Waals surface area contributed by atoms with Crippen LogP contribution in [0.2, 0.25) is 0 Å². The van der Waals surface area contributed by atoms with Crippen molar-refractivity contribution in [2.75, 3.05) is 11.9 Å². The van der Waals surface area contributed by atoms with E-state index < -0.39 is 17.3 Å². The molecule has 160 valence electrons. The Labute approximate surface area is 181 Å². The summed E-state index contributed by atoms with van der Waals surface area (Å²) in [7, 11) is 0. The molecule has 0 saturated carbocycles. The number of benzene rings is 2. The molecule has 1 atom stereocenters. The summed E-state index contributed by atoms with van der Waals surface area (Å²) in [4.78, 5) is 43.1. The number of hydrogen-bond donors (Lipinski definition) is 1. The Balaban J connectivity index is 2.14. The highest BCUT2D eigenvalue weighted by Gasteiger charge is 2.33. The van der Waals surface area contributed by atoms with Crippen LogP contribution in [0, 0.1) is 5.41 Å². The number of fused-ring (bicyclic) bond motifs is 1. The molecule has 0 fully saturated rings. The second-order valence-electron chi connectivity index (χ2n) is 8.22. The molecule has 31 heavy (non-hydrogen) atoms. The number of nitrogens with one attached hydrogen (secondary N) is 1. The van der Waals surface area contributed by atoms with Crippen LogP contribution < -0.4 is 5.32 Å². The Hall–Kier alpha value is -3.54. The summed E-state index contributed by atoms with van der Waals surface area (Å²) in [5.41, 5.74) is 1.35. The minimum atomic E-state index is -1.14. The standard InChI is InChI=1S/C25H26N2O4/c1-5-31-23(29)20(22(28)16-10-7-6-8-11-16)17-13-14-19(27-24(30)25(2,3)4)21-18(17)12-9-15-26-21/h6-15,20H,5H2,1-4H3,(H,27,30). The van der Waals surface area contributed by atoms with E-state index in [4.69, 9.17) is 4.74 Å². The first-order valence-electron chi connectivity index (χ1n) is 10.2. The van der Waals surface area contributed by atoms with Gasteiger partial charge in [0.15, 0.2) is 5.78 Å². The number of rotatable bonds is 6. The van der Waals surface area contributed by atoms with Gasteiger partial charge in [-0.25, -0.2) is 0 Å². The van der Waals surface area contributed by atoms with Crippen LogP contribution in [0.1, 0.15) is 49.5 Å². The summed E-state index contributed by atoms with van der Waals surface area (Å²) in [6.45, 7) is 7.32. The minimum Gasteiger partial charge on any atom is -0.465 e. The molecule has 0 aliphatic rings. The van der Waals surface area contributed by atoms with Crippen LogP contribution in [0.5, 0.6) is 0 Å². The first-order chi connectivity index (χ1) is 14.7. The molecule has 1 heterocycles. The van der Waals surface area contributed by atoms with Gasteiger partial charge in [0.2, 0.25) is 5.91 Å². The molecule has 3 aromatic rings. The number of carbonyl (C=O) groups excluding carboxylic acids is 3. The van der Waals surface area contributed by atoms with Crippen LogP contribution in [0.4, 0.5) is 5.69 Å². The number of esters is 1. The average molecular weight is 418 g/mol. The molecule has 0 spiro atoms. The van der Waals surface area contributed by atoms with Crippen LogP contribution in [0.3, 0.4) is 0 Å². The fourth-order valence-corrected chi connectivity index (χ4v) is 3.23. The second kappa shape index (κ2) is 9.08. The van der Waals surface area contributed by atoms with E-state index in [0.717, 1.165) is 0 Å². The molecule has 6 nitrogen and oxygen atoms in total.